The number of carbonyl (C=O) groups is 6. The summed E-state index contributed by atoms with van der Waals surface area (Å²) in [4.78, 5) is 83.2. The predicted octanol–water partition coefficient (Wildman–Crippen LogP) is 4.70. The summed E-state index contributed by atoms with van der Waals surface area (Å²) >= 11 is 3.16. The number of ketones is 1. The van der Waals surface area contributed by atoms with Gasteiger partial charge in [0.05, 0.1) is 48.1 Å². The number of anilines is 2. The van der Waals surface area contributed by atoms with Gasteiger partial charge in [0.2, 0.25) is 29.6 Å². The number of fused-ring (bicyclic) bond motifs is 2. The molecule has 0 unspecified atom stereocenters. The van der Waals surface area contributed by atoms with Crippen molar-refractivity contribution in [3.8, 4) is 0 Å². The lowest BCUT2D eigenvalue weighted by Crippen LogP contribution is -2.45. The number of halogens is 1. The molecule has 0 radical (unpaired) electrons. The molecule has 1 aliphatic heterocycles. The zero-order chi connectivity index (χ0) is 52.6. The van der Waals surface area contributed by atoms with Crippen LogP contribution in [0.25, 0.3) is 11.0 Å². The number of unbranched alkanes of at least 4 members (excludes halogenated alkanes) is 2. The van der Waals surface area contributed by atoms with Crippen molar-refractivity contribution in [3.05, 3.63) is 93.9 Å². The van der Waals surface area contributed by atoms with E-state index in [2.05, 4.69) is 53.9 Å². The van der Waals surface area contributed by atoms with Gasteiger partial charge in [-0.1, -0.05) is 61.7 Å². The van der Waals surface area contributed by atoms with Gasteiger partial charge >= 0.3 is 16.3 Å². The first-order valence-corrected chi connectivity index (χ1v) is 27.1. The zero-order valence-electron chi connectivity index (χ0n) is 41.4. The van der Waals surface area contributed by atoms with Crippen LogP contribution in [0.2, 0.25) is 0 Å². The number of benzene rings is 2. The molecule has 6 atom stereocenters. The Balaban J connectivity index is 1.01. The van der Waals surface area contributed by atoms with Crippen LogP contribution < -0.4 is 36.7 Å². The van der Waals surface area contributed by atoms with E-state index in [1.165, 1.54) is 16.0 Å². The molecule has 22 heteroatoms. The number of nitrogens with two attached hydrogens (primary N) is 2. The Morgan fingerprint density at radius 1 is 1.00 bits per heavy atom. The second-order valence-corrected chi connectivity index (χ2v) is 21.6. The Morgan fingerprint density at radius 2 is 1.75 bits per heavy atom. The first-order chi connectivity index (χ1) is 34.8. The summed E-state index contributed by atoms with van der Waals surface area (Å²) in [5.41, 5.74) is 10.4. The van der Waals surface area contributed by atoms with Gasteiger partial charge in [-0.25, -0.2) is 14.5 Å². The monoisotopic (exact) mass is 1090 g/mol. The molecule has 392 valence electrons. The molecule has 2 aliphatic carbocycles. The number of Topliss-reactive ketones (excluding diaryl/α,β-unsaturated/α-hetero) is 1. The van der Waals surface area contributed by atoms with E-state index < -0.39 is 46.2 Å². The standard InChI is InChI=1S/C51H65BrN10O10S/c1-30(2)45(59-43(65)13-5-4-8-22-62-49(67)31(3)44(52)50(62)68)42(64)25-34(11-9-21-55-51(53)69)47(66)57-36-17-14-32(15-18-36)27-60-29-56-46(58-40-19-16-33-10-6-7-12-38(33)40)39-20-23-61(48(39)60)37-24-35(41(63)26-37)28-72-73(54,70)71/h6-7,10,12,14-15,17-18,20,23,29-30,34-35,37,40-41,45,63H,4-5,8-9,11,13,16,19,21-22,24-28H2,1-3H3,(H7,53,54,55,57,59,65,66,69,70,71)/p+1/t34-,35-,37+,40-,41-,45+/m0/s1. The van der Waals surface area contributed by atoms with Crippen LogP contribution in [0.15, 0.2) is 77.2 Å². The number of hydrogen-bond donors (Lipinski definition) is 7. The number of rotatable bonds is 25. The van der Waals surface area contributed by atoms with E-state index in [0.717, 1.165) is 29.4 Å². The molecular formula is C51H66BrN10O10S+. The highest BCUT2D eigenvalue weighted by atomic mass is 79.9. The average Bonchev–Trinajstić information content (AvgIpc) is 4.12. The highest BCUT2D eigenvalue weighted by Crippen LogP contribution is 2.39. The summed E-state index contributed by atoms with van der Waals surface area (Å²) in [7, 11) is -4.19. The molecule has 4 aromatic rings. The Hall–Kier alpha value is -6.07. The summed E-state index contributed by atoms with van der Waals surface area (Å²) in [5.74, 6) is -2.57. The van der Waals surface area contributed by atoms with Gasteiger partial charge in [0, 0.05) is 55.4 Å². The van der Waals surface area contributed by atoms with E-state index in [1.807, 2.05) is 54.9 Å². The molecule has 3 heterocycles. The van der Waals surface area contributed by atoms with Gasteiger partial charge < -0.3 is 32.1 Å². The average molecular weight is 1090 g/mol. The van der Waals surface area contributed by atoms with Gasteiger partial charge in [0.25, 0.3) is 11.8 Å². The van der Waals surface area contributed by atoms with Crippen LogP contribution in [0.4, 0.5) is 16.3 Å². The number of aromatic nitrogens is 3. The predicted molar refractivity (Wildman–Crippen MR) is 276 cm³/mol. The van der Waals surface area contributed by atoms with Gasteiger partial charge in [-0.2, -0.15) is 8.42 Å². The van der Waals surface area contributed by atoms with Crippen LogP contribution in [0, 0.1) is 17.8 Å². The van der Waals surface area contributed by atoms with E-state index in [0.29, 0.717) is 62.1 Å². The number of carbonyl (C=O) groups excluding carboxylic acids is 6. The van der Waals surface area contributed by atoms with Crippen molar-refractivity contribution < 1.29 is 51.0 Å². The maximum Gasteiger partial charge on any atom is 0.333 e. The molecular weight excluding hydrogens is 1020 g/mol. The third kappa shape index (κ3) is 14.0. The summed E-state index contributed by atoms with van der Waals surface area (Å²) in [5, 5.41) is 29.0. The minimum atomic E-state index is -4.19. The fourth-order valence-electron chi connectivity index (χ4n) is 10.1. The van der Waals surface area contributed by atoms with Gasteiger partial charge in [-0.15, -0.1) is 0 Å². The van der Waals surface area contributed by atoms with Gasteiger partial charge in [0.15, 0.2) is 5.78 Å². The van der Waals surface area contributed by atoms with Crippen molar-refractivity contribution in [1.82, 2.24) is 25.1 Å². The molecule has 0 saturated heterocycles. The molecule has 73 heavy (non-hydrogen) atoms. The van der Waals surface area contributed by atoms with Gasteiger partial charge in [-0.05, 0) is 109 Å². The number of primary amides is 1. The molecule has 1 fully saturated rings. The third-order valence-corrected chi connectivity index (χ3v) is 15.4. The second-order valence-electron chi connectivity index (χ2n) is 19.6. The van der Waals surface area contributed by atoms with Crippen LogP contribution in [-0.2, 0) is 51.4 Å². The SMILES string of the molecule is CC1=C(Br)C(=O)N(CCCCCC(=O)N[C@@H](C(=O)C[C@H](CCCNC(N)=O)C(=O)Nc2ccc(C[n+]3cnc(N[C@H]4CCc5ccccc54)c4ccn([C@@H]5C[C@@H](COS(N)(=O)=O)[C@@H](O)C5)c43)cc2)C(C)C)C1=O. The summed E-state index contributed by atoms with van der Waals surface area (Å²) in [6.45, 7) is 5.81. The minimum Gasteiger partial charge on any atom is -0.393 e. The quantitative estimate of drug-likeness (QED) is 0.0270. The van der Waals surface area contributed by atoms with Crippen molar-refractivity contribution in [2.45, 2.75) is 122 Å². The summed E-state index contributed by atoms with van der Waals surface area (Å²) < 4.78 is 32.5. The third-order valence-electron chi connectivity index (χ3n) is 14.0. The van der Waals surface area contributed by atoms with Crippen molar-refractivity contribution in [2.75, 3.05) is 30.3 Å². The molecule has 2 aromatic heterocycles. The summed E-state index contributed by atoms with van der Waals surface area (Å²) in [6, 6.07) is 16.0. The lowest BCUT2D eigenvalue weighted by Gasteiger charge is -2.24. The van der Waals surface area contributed by atoms with E-state index in [-0.39, 0.29) is 84.9 Å². The lowest BCUT2D eigenvalue weighted by molar-refractivity contribution is -0.668. The normalized spacial score (nSPS) is 19.6. The second kappa shape index (κ2) is 24.3. The van der Waals surface area contributed by atoms with Crippen molar-refractivity contribution >= 4 is 84.2 Å². The number of amides is 6. The molecule has 1 saturated carbocycles. The number of aliphatic hydroxyl groups excluding tert-OH is 1. The van der Waals surface area contributed by atoms with Crippen LogP contribution >= 0.6 is 15.9 Å². The molecule has 20 nitrogen and oxygen atoms in total. The number of hydrogen-bond acceptors (Lipinski definition) is 12. The highest BCUT2D eigenvalue weighted by Gasteiger charge is 2.39. The highest BCUT2D eigenvalue weighted by molar-refractivity contribution is 9.12. The van der Waals surface area contributed by atoms with Crippen LogP contribution in [0.3, 0.4) is 0 Å². The van der Waals surface area contributed by atoms with Gasteiger partial charge in [0.1, 0.15) is 5.39 Å². The lowest BCUT2D eigenvalue weighted by atomic mass is 9.89. The maximum absolute atomic E-state index is 14.0. The Bertz CT molecular complexity index is 2830. The number of urea groups is 1. The number of nitrogens with one attached hydrogen (secondary N) is 4. The first-order valence-electron chi connectivity index (χ1n) is 24.8. The van der Waals surface area contributed by atoms with Crippen molar-refractivity contribution in [3.63, 3.8) is 0 Å². The molecule has 6 amide bonds. The smallest absolute Gasteiger partial charge is 0.333 e. The fraction of sp³-hybridized carbons (Fsp3) is 0.490. The molecule has 7 rings (SSSR count). The van der Waals surface area contributed by atoms with Crippen molar-refractivity contribution in [2.24, 2.45) is 28.6 Å². The van der Waals surface area contributed by atoms with Gasteiger partial charge in [-0.3, -0.25) is 37.6 Å². The Kier molecular flexibility index (Phi) is 18.2. The fourth-order valence-corrected chi connectivity index (χ4v) is 10.8. The molecule has 3 aliphatic rings. The minimum absolute atomic E-state index is 0.0670. The van der Waals surface area contributed by atoms with E-state index in [4.69, 9.17) is 20.0 Å². The van der Waals surface area contributed by atoms with Crippen LogP contribution in [0.1, 0.15) is 114 Å². The maximum atomic E-state index is 14.0. The Morgan fingerprint density at radius 3 is 2.45 bits per heavy atom. The Labute approximate surface area is 433 Å². The number of nitrogens with zero attached hydrogens (tertiary/aromatic N) is 4. The number of aliphatic hydroxyl groups is 1. The summed E-state index contributed by atoms with van der Waals surface area (Å²) in [6.07, 6.45) is 7.76. The first kappa shape index (κ1) is 54.7. The molecule has 0 bridgehead atoms. The van der Waals surface area contributed by atoms with Crippen molar-refractivity contribution in [1.29, 1.82) is 0 Å². The number of imide groups is 1. The molecule has 0 spiro atoms. The molecule has 9 N–H and O–H groups in total. The molecule has 2 aromatic carbocycles. The van der Waals surface area contributed by atoms with E-state index in [9.17, 15) is 42.3 Å². The van der Waals surface area contributed by atoms with E-state index in [1.54, 1.807) is 25.4 Å². The van der Waals surface area contributed by atoms with Crippen LogP contribution in [-0.4, -0.2) is 95.3 Å². The van der Waals surface area contributed by atoms with Crippen LogP contribution in [0.5, 0.6) is 0 Å². The topological polar surface area (TPSA) is 291 Å². The zero-order valence-corrected chi connectivity index (χ0v) is 43.8. The largest absolute Gasteiger partial charge is 0.393 e. The van der Waals surface area contributed by atoms with E-state index >= 15 is 0 Å². The number of aryl methyl sites for hydroxylation is 1.